The molecule has 0 saturated carbocycles. The lowest BCUT2D eigenvalue weighted by atomic mass is 10.1. The van der Waals surface area contributed by atoms with Crippen molar-refractivity contribution in [1.82, 2.24) is 0 Å². The number of hydrogen-bond donors (Lipinski definition) is 1. The summed E-state index contributed by atoms with van der Waals surface area (Å²) in [5, 5.41) is 1.59. The summed E-state index contributed by atoms with van der Waals surface area (Å²) < 4.78 is 5.47. The molecule has 22 heavy (non-hydrogen) atoms. The third kappa shape index (κ3) is 2.39. The van der Waals surface area contributed by atoms with Crippen molar-refractivity contribution in [3.05, 3.63) is 62.2 Å². The van der Waals surface area contributed by atoms with E-state index in [0.717, 1.165) is 26.3 Å². The first-order valence-electron chi connectivity index (χ1n) is 6.70. The molecule has 0 unspecified atom stereocenters. The Morgan fingerprint density at radius 3 is 2.59 bits per heavy atom. The number of anilines is 1. The summed E-state index contributed by atoms with van der Waals surface area (Å²) in [6.07, 6.45) is -0.320. The van der Waals surface area contributed by atoms with E-state index in [2.05, 4.69) is 30.7 Å². The largest absolute Gasteiger partial charge is 0.465 e. The van der Waals surface area contributed by atoms with Crippen molar-refractivity contribution in [2.75, 3.05) is 12.8 Å². The molecule has 6 heteroatoms. The van der Waals surface area contributed by atoms with Crippen molar-refractivity contribution in [2.24, 2.45) is 9.98 Å². The zero-order chi connectivity index (χ0) is 15.9. The number of nitrogens with zero attached hydrogens (tertiary/aromatic N) is 2. The molecule has 2 aromatic rings. The fourth-order valence-corrected chi connectivity index (χ4v) is 2.94. The third-order valence-corrected chi connectivity index (χ3v) is 4.41. The van der Waals surface area contributed by atoms with E-state index < -0.39 is 0 Å². The number of nitrogen functional groups attached to an aromatic ring is 1. The van der Waals surface area contributed by atoms with Gasteiger partial charge in [-0.2, -0.15) is 0 Å². The zero-order valence-electron chi connectivity index (χ0n) is 12.1. The Hall–Kier alpha value is -2.21. The van der Waals surface area contributed by atoms with Gasteiger partial charge in [-0.25, -0.2) is 4.79 Å². The van der Waals surface area contributed by atoms with E-state index in [1.165, 1.54) is 7.11 Å². The number of ether oxygens (including phenoxy) is 1. The van der Waals surface area contributed by atoms with Gasteiger partial charge in [-0.3, -0.25) is 9.98 Å². The highest BCUT2D eigenvalue weighted by Gasteiger charge is 2.17. The van der Waals surface area contributed by atoms with Gasteiger partial charge in [0.25, 0.3) is 0 Å². The van der Waals surface area contributed by atoms with Crippen LogP contribution in [0.4, 0.5) is 5.69 Å². The highest BCUT2D eigenvalue weighted by Crippen LogP contribution is 2.23. The van der Waals surface area contributed by atoms with Crippen molar-refractivity contribution in [3.8, 4) is 0 Å². The van der Waals surface area contributed by atoms with Gasteiger partial charge in [-0.1, -0.05) is 12.1 Å². The third-order valence-electron chi connectivity index (χ3n) is 3.61. The molecule has 0 aromatic heterocycles. The molecule has 0 aliphatic carbocycles. The predicted molar refractivity (Wildman–Crippen MR) is 86.1 cm³/mol. The molecule has 112 valence electrons. The molecule has 3 rings (SSSR count). The number of benzene rings is 2. The summed E-state index contributed by atoms with van der Waals surface area (Å²) in [5.74, 6) is -0.360. The quantitative estimate of drug-likeness (QED) is 0.658. The number of nitrogens with two attached hydrogens (primary N) is 1. The summed E-state index contributed by atoms with van der Waals surface area (Å²) in [6, 6.07) is 9.02. The maximum Gasteiger partial charge on any atom is 0.337 e. The molecular weight excluding hydrogens is 346 g/mol. The number of hydrogen-bond acceptors (Lipinski definition) is 5. The highest BCUT2D eigenvalue weighted by atomic mass is 79.9. The monoisotopic (exact) mass is 359 g/mol. The van der Waals surface area contributed by atoms with E-state index >= 15 is 0 Å². The van der Waals surface area contributed by atoms with E-state index in [1.807, 2.05) is 25.1 Å². The Bertz CT molecular complexity index is 876. The minimum Gasteiger partial charge on any atom is -0.465 e. The van der Waals surface area contributed by atoms with Gasteiger partial charge in [0.15, 0.2) is 6.17 Å². The minimum absolute atomic E-state index is 0.320. The van der Waals surface area contributed by atoms with Crippen molar-refractivity contribution in [2.45, 2.75) is 13.1 Å². The van der Waals surface area contributed by atoms with E-state index in [4.69, 9.17) is 5.73 Å². The molecule has 0 fully saturated rings. The Balaban J connectivity index is 2.01. The number of carbonyl (C=O) groups is 1. The van der Waals surface area contributed by atoms with Gasteiger partial charge in [0.2, 0.25) is 0 Å². The second-order valence-electron chi connectivity index (χ2n) is 5.03. The molecule has 5 nitrogen and oxygen atoms in total. The lowest BCUT2D eigenvalue weighted by Crippen LogP contribution is -2.24. The van der Waals surface area contributed by atoms with Crippen molar-refractivity contribution in [3.63, 3.8) is 0 Å². The van der Waals surface area contributed by atoms with Gasteiger partial charge in [-0.05, 0) is 52.2 Å². The highest BCUT2D eigenvalue weighted by molar-refractivity contribution is 9.10. The number of aryl methyl sites for hydroxylation is 1. The number of methoxy groups -OCH3 is 1. The van der Waals surface area contributed by atoms with Crippen LogP contribution in [-0.4, -0.2) is 13.1 Å². The summed E-state index contributed by atoms with van der Waals surface area (Å²) >= 11 is 3.48. The van der Waals surface area contributed by atoms with Crippen LogP contribution < -0.4 is 16.4 Å². The van der Waals surface area contributed by atoms with Gasteiger partial charge in [0.1, 0.15) is 5.36 Å². The first kappa shape index (κ1) is 14.7. The van der Waals surface area contributed by atoms with Crippen molar-refractivity contribution >= 4 is 27.6 Å². The maximum absolute atomic E-state index is 11.5. The Morgan fingerprint density at radius 1 is 1.27 bits per heavy atom. The number of carbonyl (C=O) groups excluding carboxylic acids is 1. The molecule has 1 aliphatic rings. The molecule has 0 spiro atoms. The molecule has 0 amide bonds. The van der Waals surface area contributed by atoms with Crippen molar-refractivity contribution in [1.29, 1.82) is 0 Å². The fourth-order valence-electron chi connectivity index (χ4n) is 2.33. The minimum atomic E-state index is -0.360. The molecule has 2 N–H and O–H groups in total. The van der Waals surface area contributed by atoms with Crippen LogP contribution in [0.5, 0.6) is 0 Å². The molecule has 2 aromatic carbocycles. The van der Waals surface area contributed by atoms with Crippen LogP contribution in [0.25, 0.3) is 0 Å². The van der Waals surface area contributed by atoms with Gasteiger partial charge < -0.3 is 10.5 Å². The van der Waals surface area contributed by atoms with Crippen LogP contribution in [0.15, 0.2) is 44.8 Å². The number of fused-ring (bicyclic) bond motifs is 1. The molecular formula is C16H14BrN3O2. The van der Waals surface area contributed by atoms with Gasteiger partial charge in [0, 0.05) is 0 Å². The van der Waals surface area contributed by atoms with Gasteiger partial charge in [0.05, 0.1) is 28.2 Å². The molecule has 1 atom stereocenters. The van der Waals surface area contributed by atoms with Crippen LogP contribution in [-0.2, 0) is 4.74 Å². The maximum atomic E-state index is 11.5. The van der Waals surface area contributed by atoms with E-state index in [9.17, 15) is 4.79 Å². The smallest absolute Gasteiger partial charge is 0.337 e. The van der Waals surface area contributed by atoms with Crippen molar-refractivity contribution < 1.29 is 9.53 Å². The average molecular weight is 360 g/mol. The summed E-state index contributed by atoms with van der Waals surface area (Å²) in [4.78, 5) is 20.7. The SMILES string of the molecule is COC(=O)c1ccc([C@H]2N=c3cc(C)c(N)c(Br)c3=N2)cc1. The summed E-state index contributed by atoms with van der Waals surface area (Å²) in [6.45, 7) is 1.94. The van der Waals surface area contributed by atoms with Crippen LogP contribution in [0.2, 0.25) is 0 Å². The molecule has 1 heterocycles. The normalized spacial score (nSPS) is 15.7. The van der Waals surface area contributed by atoms with E-state index in [1.54, 1.807) is 12.1 Å². The van der Waals surface area contributed by atoms with E-state index in [0.29, 0.717) is 11.3 Å². The summed E-state index contributed by atoms with van der Waals surface area (Å²) in [7, 11) is 1.36. The topological polar surface area (TPSA) is 77.0 Å². The van der Waals surface area contributed by atoms with Crippen LogP contribution in [0.1, 0.15) is 27.7 Å². The second-order valence-corrected chi connectivity index (χ2v) is 5.83. The van der Waals surface area contributed by atoms with Gasteiger partial charge in [-0.15, -0.1) is 0 Å². The number of esters is 1. The first-order valence-corrected chi connectivity index (χ1v) is 7.49. The zero-order valence-corrected chi connectivity index (χ0v) is 13.7. The molecule has 0 saturated heterocycles. The van der Waals surface area contributed by atoms with Crippen LogP contribution >= 0.6 is 15.9 Å². The Labute approximate surface area is 135 Å². The van der Waals surface area contributed by atoms with Crippen LogP contribution in [0.3, 0.4) is 0 Å². The Morgan fingerprint density at radius 2 is 1.95 bits per heavy atom. The van der Waals surface area contributed by atoms with Gasteiger partial charge >= 0.3 is 5.97 Å². The Kier molecular flexibility index (Phi) is 3.70. The predicted octanol–water partition coefficient (Wildman–Crippen LogP) is 2.08. The fraction of sp³-hybridized carbons (Fsp3) is 0.188. The van der Waals surface area contributed by atoms with E-state index in [-0.39, 0.29) is 12.1 Å². The van der Waals surface area contributed by atoms with Crippen LogP contribution in [0, 0.1) is 6.92 Å². The number of halogens is 1. The molecule has 1 aliphatic heterocycles. The second kappa shape index (κ2) is 5.53. The number of rotatable bonds is 2. The standard InChI is InChI=1S/C16H14BrN3O2/c1-8-7-11-14(12(17)13(8)18)20-15(19-11)9-3-5-10(6-4-9)16(21)22-2/h3-7,15H,18H2,1-2H3/t15-/m0/s1. The average Bonchev–Trinajstić information content (AvgIpc) is 2.96. The molecule has 0 radical (unpaired) electrons. The molecule has 0 bridgehead atoms. The summed E-state index contributed by atoms with van der Waals surface area (Å²) in [5.41, 5.74) is 9.06. The lowest BCUT2D eigenvalue weighted by molar-refractivity contribution is 0.0600. The first-order chi connectivity index (χ1) is 10.5. The lowest BCUT2D eigenvalue weighted by Gasteiger charge is -2.05.